The Bertz CT molecular complexity index is 930. The molecule has 3 aromatic rings. The van der Waals surface area contributed by atoms with Gasteiger partial charge in [0.25, 0.3) is 5.89 Å². The highest BCUT2D eigenvalue weighted by molar-refractivity contribution is 6.30. The smallest absolute Gasteiger partial charge is 0.280 e. The summed E-state index contributed by atoms with van der Waals surface area (Å²) in [6.07, 6.45) is 5.94. The Kier molecular flexibility index (Phi) is 4.41. The molecule has 0 spiro atoms. The molecule has 2 aromatic heterocycles. The van der Waals surface area contributed by atoms with Crippen molar-refractivity contribution in [3.05, 3.63) is 46.4 Å². The lowest BCUT2D eigenvalue weighted by Crippen LogP contribution is -2.22. The standard InChI is InChI=1S/C19H20ClN5O2/c20-14-8-6-12(7-9-14)16-10-25-15(11-26-16)17(22-24-25)19-21-18(23-27-19)13-4-2-1-3-5-13/h6-9,13,16H,1-5,10-11H2. The summed E-state index contributed by atoms with van der Waals surface area (Å²) in [4.78, 5) is 4.61. The van der Waals surface area contributed by atoms with Crippen LogP contribution in [0.5, 0.6) is 0 Å². The maximum absolute atomic E-state index is 6.04. The minimum Gasteiger partial charge on any atom is -0.365 e. The molecule has 5 rings (SSSR count). The Morgan fingerprint density at radius 3 is 2.70 bits per heavy atom. The molecule has 1 aliphatic carbocycles. The first-order valence-electron chi connectivity index (χ1n) is 9.41. The molecule has 0 amide bonds. The second kappa shape index (κ2) is 7.05. The minimum absolute atomic E-state index is 0.0789. The van der Waals surface area contributed by atoms with Crippen LogP contribution in [0.15, 0.2) is 28.8 Å². The summed E-state index contributed by atoms with van der Waals surface area (Å²) in [5.74, 6) is 1.63. The zero-order valence-corrected chi connectivity index (χ0v) is 15.6. The van der Waals surface area contributed by atoms with Crippen molar-refractivity contribution in [1.82, 2.24) is 25.1 Å². The lowest BCUT2D eigenvalue weighted by atomic mass is 9.89. The lowest BCUT2D eigenvalue weighted by Gasteiger charge is -2.24. The van der Waals surface area contributed by atoms with Crippen molar-refractivity contribution in [1.29, 1.82) is 0 Å². The molecule has 1 fully saturated rings. The summed E-state index contributed by atoms with van der Waals surface area (Å²) in [5.41, 5.74) is 2.57. The zero-order valence-electron chi connectivity index (χ0n) is 14.8. The van der Waals surface area contributed by atoms with Crippen molar-refractivity contribution in [2.24, 2.45) is 0 Å². The summed E-state index contributed by atoms with van der Waals surface area (Å²) in [6.45, 7) is 0.990. The largest absolute Gasteiger partial charge is 0.365 e. The average Bonchev–Trinajstić information content (AvgIpc) is 3.36. The highest BCUT2D eigenvalue weighted by Crippen LogP contribution is 2.34. The van der Waals surface area contributed by atoms with E-state index in [2.05, 4.69) is 20.5 Å². The summed E-state index contributed by atoms with van der Waals surface area (Å²) in [5, 5.41) is 13.5. The number of fused-ring (bicyclic) bond motifs is 1. The van der Waals surface area contributed by atoms with Gasteiger partial charge in [0, 0.05) is 10.9 Å². The van der Waals surface area contributed by atoms with Crippen molar-refractivity contribution in [2.45, 2.75) is 57.3 Å². The molecular formula is C19H20ClN5O2. The van der Waals surface area contributed by atoms with Crippen molar-refractivity contribution >= 4 is 11.6 Å². The normalized spacial score (nSPS) is 20.6. The molecule has 0 radical (unpaired) electrons. The van der Waals surface area contributed by atoms with Gasteiger partial charge >= 0.3 is 0 Å². The van der Waals surface area contributed by atoms with Crippen molar-refractivity contribution in [2.75, 3.05) is 0 Å². The molecule has 0 bridgehead atoms. The van der Waals surface area contributed by atoms with Gasteiger partial charge in [-0.25, -0.2) is 4.68 Å². The summed E-state index contributed by atoms with van der Waals surface area (Å²) in [7, 11) is 0. The SMILES string of the molecule is Clc1ccc(C2Cn3nnc(-c4nc(C5CCCCC5)no4)c3CO2)cc1. The first kappa shape index (κ1) is 16.9. The van der Waals surface area contributed by atoms with E-state index in [-0.39, 0.29) is 6.10 Å². The molecular weight excluding hydrogens is 366 g/mol. The van der Waals surface area contributed by atoms with Gasteiger partial charge in [-0.15, -0.1) is 5.10 Å². The van der Waals surface area contributed by atoms with Crippen molar-refractivity contribution in [3.63, 3.8) is 0 Å². The number of ether oxygens (including phenoxy) is 1. The Morgan fingerprint density at radius 2 is 1.89 bits per heavy atom. The monoisotopic (exact) mass is 385 g/mol. The third-order valence-corrected chi connectivity index (χ3v) is 5.71. The zero-order chi connectivity index (χ0) is 18.2. The number of aromatic nitrogens is 5. The maximum Gasteiger partial charge on any atom is 0.280 e. The molecule has 0 N–H and O–H groups in total. The molecule has 8 heteroatoms. The molecule has 140 valence electrons. The van der Waals surface area contributed by atoms with E-state index in [1.165, 1.54) is 19.3 Å². The minimum atomic E-state index is -0.0789. The number of benzene rings is 1. The van der Waals surface area contributed by atoms with Gasteiger partial charge in [0.05, 0.1) is 18.8 Å². The number of nitrogens with zero attached hydrogens (tertiary/aromatic N) is 5. The molecule has 27 heavy (non-hydrogen) atoms. The van der Waals surface area contributed by atoms with Crippen LogP contribution in [0.2, 0.25) is 5.02 Å². The summed E-state index contributed by atoms with van der Waals surface area (Å²) < 4.78 is 13.4. The Balaban J connectivity index is 1.37. The van der Waals surface area contributed by atoms with E-state index in [1.54, 1.807) is 0 Å². The third-order valence-electron chi connectivity index (χ3n) is 5.45. The molecule has 0 saturated heterocycles. The predicted molar refractivity (Wildman–Crippen MR) is 98.1 cm³/mol. The summed E-state index contributed by atoms with van der Waals surface area (Å²) >= 11 is 5.97. The van der Waals surface area contributed by atoms with Crippen molar-refractivity contribution < 1.29 is 9.26 Å². The maximum atomic E-state index is 6.04. The van der Waals surface area contributed by atoms with Crippen LogP contribution in [0.4, 0.5) is 0 Å². The molecule has 1 atom stereocenters. The fraction of sp³-hybridized carbons (Fsp3) is 0.474. The molecule has 1 unspecified atom stereocenters. The van der Waals surface area contributed by atoms with E-state index >= 15 is 0 Å². The van der Waals surface area contributed by atoms with Crippen LogP contribution in [0.3, 0.4) is 0 Å². The topological polar surface area (TPSA) is 78.9 Å². The first-order chi connectivity index (χ1) is 13.3. The van der Waals surface area contributed by atoms with Gasteiger partial charge in [-0.1, -0.05) is 53.4 Å². The van der Waals surface area contributed by atoms with Crippen LogP contribution in [0.25, 0.3) is 11.6 Å². The number of hydrogen-bond donors (Lipinski definition) is 0. The number of rotatable bonds is 3. The molecule has 2 aliphatic rings. The van der Waals surface area contributed by atoms with Gasteiger partial charge in [0.1, 0.15) is 6.10 Å². The van der Waals surface area contributed by atoms with Crippen LogP contribution < -0.4 is 0 Å². The van der Waals surface area contributed by atoms with Crippen LogP contribution in [0.1, 0.15) is 61.2 Å². The van der Waals surface area contributed by atoms with Crippen molar-refractivity contribution in [3.8, 4) is 11.6 Å². The third kappa shape index (κ3) is 3.26. The fourth-order valence-electron chi connectivity index (χ4n) is 3.91. The number of hydrogen-bond acceptors (Lipinski definition) is 6. The van der Waals surface area contributed by atoms with Gasteiger partial charge in [0.2, 0.25) is 0 Å². The van der Waals surface area contributed by atoms with E-state index < -0.39 is 0 Å². The van der Waals surface area contributed by atoms with Gasteiger partial charge < -0.3 is 9.26 Å². The Morgan fingerprint density at radius 1 is 1.07 bits per heavy atom. The van der Waals surface area contributed by atoms with Crippen LogP contribution in [0, 0.1) is 0 Å². The van der Waals surface area contributed by atoms with E-state index in [0.29, 0.717) is 35.7 Å². The Hall–Kier alpha value is -2.25. The van der Waals surface area contributed by atoms with Gasteiger partial charge in [-0.05, 0) is 30.5 Å². The quantitative estimate of drug-likeness (QED) is 0.668. The lowest BCUT2D eigenvalue weighted by molar-refractivity contribution is -0.00117. The fourth-order valence-corrected chi connectivity index (χ4v) is 4.04. The van der Waals surface area contributed by atoms with Crippen LogP contribution in [-0.4, -0.2) is 25.1 Å². The second-order valence-electron chi connectivity index (χ2n) is 7.21. The number of halogens is 1. The molecule has 1 aliphatic heterocycles. The van der Waals surface area contributed by atoms with E-state index in [0.717, 1.165) is 29.9 Å². The van der Waals surface area contributed by atoms with Gasteiger partial charge in [-0.2, -0.15) is 4.98 Å². The van der Waals surface area contributed by atoms with Gasteiger partial charge in [-0.3, -0.25) is 0 Å². The molecule has 7 nitrogen and oxygen atoms in total. The molecule has 3 heterocycles. The second-order valence-corrected chi connectivity index (χ2v) is 7.65. The van der Waals surface area contributed by atoms with Crippen LogP contribution in [-0.2, 0) is 17.9 Å². The van der Waals surface area contributed by atoms with E-state index in [9.17, 15) is 0 Å². The summed E-state index contributed by atoms with van der Waals surface area (Å²) in [6, 6.07) is 7.69. The highest BCUT2D eigenvalue weighted by atomic mass is 35.5. The first-order valence-corrected chi connectivity index (χ1v) is 9.79. The predicted octanol–water partition coefficient (Wildman–Crippen LogP) is 4.30. The van der Waals surface area contributed by atoms with Crippen LogP contribution >= 0.6 is 11.6 Å². The molecule has 1 saturated carbocycles. The van der Waals surface area contributed by atoms with E-state index in [1.807, 2.05) is 28.9 Å². The average molecular weight is 386 g/mol. The van der Waals surface area contributed by atoms with Gasteiger partial charge in [0.15, 0.2) is 11.5 Å². The Labute approximate surface area is 161 Å². The highest BCUT2D eigenvalue weighted by Gasteiger charge is 2.29. The molecule has 1 aromatic carbocycles. The van der Waals surface area contributed by atoms with E-state index in [4.69, 9.17) is 20.9 Å².